The van der Waals surface area contributed by atoms with Crippen LogP contribution < -0.4 is 5.73 Å². The third-order valence-corrected chi connectivity index (χ3v) is 2.10. The predicted octanol–water partition coefficient (Wildman–Crippen LogP) is 1.29. The van der Waals surface area contributed by atoms with Crippen LogP contribution in [0.2, 0.25) is 0 Å². The fourth-order valence-corrected chi connectivity index (χ4v) is 1.27. The number of nitrogens with two attached hydrogens (primary N) is 1. The van der Waals surface area contributed by atoms with Crippen LogP contribution >= 0.6 is 0 Å². The number of benzene rings is 1. The average molecular weight is 188 g/mol. The highest BCUT2D eigenvalue weighted by atomic mass is 15.3. The van der Waals surface area contributed by atoms with Crippen LogP contribution in [-0.4, -0.2) is 14.8 Å². The van der Waals surface area contributed by atoms with E-state index < -0.39 is 0 Å². The maximum absolute atomic E-state index is 5.75. The molecular formula is C10H12N4. The van der Waals surface area contributed by atoms with Crippen LogP contribution in [0.4, 0.5) is 0 Å². The molecule has 0 amide bonds. The Balaban J connectivity index is 2.31. The average Bonchev–Trinajstić information content (AvgIpc) is 2.71. The van der Waals surface area contributed by atoms with Crippen molar-refractivity contribution in [2.45, 2.75) is 13.0 Å². The summed E-state index contributed by atoms with van der Waals surface area (Å²) in [5.41, 5.74) is 7.86. The van der Waals surface area contributed by atoms with Crippen molar-refractivity contribution in [3.05, 3.63) is 42.5 Å². The molecule has 14 heavy (non-hydrogen) atoms. The van der Waals surface area contributed by atoms with Crippen molar-refractivity contribution < 1.29 is 0 Å². The molecule has 0 saturated heterocycles. The Hall–Kier alpha value is -1.68. The van der Waals surface area contributed by atoms with Crippen LogP contribution in [0.1, 0.15) is 18.5 Å². The highest BCUT2D eigenvalue weighted by molar-refractivity contribution is 5.34. The van der Waals surface area contributed by atoms with E-state index in [1.165, 1.54) is 6.33 Å². The minimum Gasteiger partial charge on any atom is -0.324 e. The van der Waals surface area contributed by atoms with E-state index in [1.807, 2.05) is 31.2 Å². The van der Waals surface area contributed by atoms with Gasteiger partial charge in [0.1, 0.15) is 12.7 Å². The zero-order valence-corrected chi connectivity index (χ0v) is 7.96. The van der Waals surface area contributed by atoms with E-state index in [0.29, 0.717) is 0 Å². The SMILES string of the molecule is C[C@H](N)c1ccc(-n2cncn2)cc1. The Kier molecular flexibility index (Phi) is 2.28. The second kappa shape index (κ2) is 3.59. The van der Waals surface area contributed by atoms with E-state index in [-0.39, 0.29) is 6.04 Å². The van der Waals surface area contributed by atoms with Crippen molar-refractivity contribution in [2.75, 3.05) is 0 Å². The van der Waals surface area contributed by atoms with Gasteiger partial charge >= 0.3 is 0 Å². The summed E-state index contributed by atoms with van der Waals surface area (Å²) in [5, 5.41) is 4.04. The third kappa shape index (κ3) is 1.65. The van der Waals surface area contributed by atoms with Crippen LogP contribution in [0.25, 0.3) is 5.69 Å². The summed E-state index contributed by atoms with van der Waals surface area (Å²) in [7, 11) is 0. The monoisotopic (exact) mass is 188 g/mol. The van der Waals surface area contributed by atoms with Crippen LogP contribution in [0.3, 0.4) is 0 Å². The summed E-state index contributed by atoms with van der Waals surface area (Å²) >= 11 is 0. The predicted molar refractivity (Wildman–Crippen MR) is 54.0 cm³/mol. The van der Waals surface area contributed by atoms with Crippen LogP contribution in [0.15, 0.2) is 36.9 Å². The van der Waals surface area contributed by atoms with Crippen LogP contribution in [0.5, 0.6) is 0 Å². The van der Waals surface area contributed by atoms with Crippen molar-refractivity contribution in [1.82, 2.24) is 14.8 Å². The lowest BCUT2D eigenvalue weighted by Gasteiger charge is -2.06. The number of hydrogen-bond acceptors (Lipinski definition) is 3. The molecule has 0 spiro atoms. The van der Waals surface area contributed by atoms with E-state index in [0.717, 1.165) is 11.3 Å². The van der Waals surface area contributed by atoms with Gasteiger partial charge in [-0.05, 0) is 24.6 Å². The molecule has 0 radical (unpaired) electrons. The molecule has 0 saturated carbocycles. The molecule has 0 aliphatic rings. The number of hydrogen-bond donors (Lipinski definition) is 1. The normalized spacial score (nSPS) is 12.7. The van der Waals surface area contributed by atoms with Crippen LogP contribution in [-0.2, 0) is 0 Å². The molecule has 1 aromatic carbocycles. The van der Waals surface area contributed by atoms with E-state index in [9.17, 15) is 0 Å². The Bertz CT molecular complexity index is 389. The zero-order valence-electron chi connectivity index (χ0n) is 7.96. The van der Waals surface area contributed by atoms with Crippen molar-refractivity contribution in [3.63, 3.8) is 0 Å². The van der Waals surface area contributed by atoms with Crippen molar-refractivity contribution in [1.29, 1.82) is 0 Å². The largest absolute Gasteiger partial charge is 0.324 e. The van der Waals surface area contributed by atoms with Gasteiger partial charge in [-0.25, -0.2) is 9.67 Å². The van der Waals surface area contributed by atoms with Gasteiger partial charge < -0.3 is 5.73 Å². The van der Waals surface area contributed by atoms with Gasteiger partial charge in [0, 0.05) is 6.04 Å². The Morgan fingerprint density at radius 2 is 2.00 bits per heavy atom. The van der Waals surface area contributed by atoms with E-state index in [2.05, 4.69) is 10.1 Å². The molecule has 4 heteroatoms. The first-order chi connectivity index (χ1) is 6.77. The lowest BCUT2D eigenvalue weighted by molar-refractivity contribution is 0.814. The Morgan fingerprint density at radius 3 is 2.50 bits per heavy atom. The summed E-state index contributed by atoms with van der Waals surface area (Å²) < 4.78 is 1.71. The molecule has 0 fully saturated rings. The smallest absolute Gasteiger partial charge is 0.138 e. The summed E-state index contributed by atoms with van der Waals surface area (Å²) in [6.45, 7) is 1.96. The van der Waals surface area contributed by atoms with Gasteiger partial charge in [0.2, 0.25) is 0 Å². The van der Waals surface area contributed by atoms with E-state index in [4.69, 9.17) is 5.73 Å². The topological polar surface area (TPSA) is 56.7 Å². The van der Waals surface area contributed by atoms with Gasteiger partial charge in [0.05, 0.1) is 5.69 Å². The molecule has 0 aliphatic heterocycles. The Labute approximate surface area is 82.4 Å². The molecule has 2 N–H and O–H groups in total. The maximum atomic E-state index is 5.75. The maximum Gasteiger partial charge on any atom is 0.138 e. The standard InChI is InChI=1S/C10H12N4/c1-8(11)9-2-4-10(5-3-9)14-7-12-6-13-14/h2-8H,11H2,1H3/t8-/m0/s1. The fraction of sp³-hybridized carbons (Fsp3) is 0.200. The second-order valence-electron chi connectivity index (χ2n) is 3.22. The highest BCUT2D eigenvalue weighted by Gasteiger charge is 2.00. The van der Waals surface area contributed by atoms with Crippen molar-refractivity contribution >= 4 is 0 Å². The molecule has 0 unspecified atom stereocenters. The van der Waals surface area contributed by atoms with Gasteiger partial charge in [0.15, 0.2) is 0 Å². The molecule has 2 aromatic rings. The first-order valence-corrected chi connectivity index (χ1v) is 4.48. The van der Waals surface area contributed by atoms with E-state index >= 15 is 0 Å². The molecular weight excluding hydrogens is 176 g/mol. The fourth-order valence-electron chi connectivity index (χ4n) is 1.27. The van der Waals surface area contributed by atoms with Gasteiger partial charge in [-0.2, -0.15) is 5.10 Å². The molecule has 2 rings (SSSR count). The number of aromatic nitrogens is 3. The number of rotatable bonds is 2. The summed E-state index contributed by atoms with van der Waals surface area (Å²) in [5.74, 6) is 0. The quantitative estimate of drug-likeness (QED) is 0.772. The third-order valence-electron chi connectivity index (χ3n) is 2.10. The summed E-state index contributed by atoms with van der Waals surface area (Å²) in [6.07, 6.45) is 3.18. The highest BCUT2D eigenvalue weighted by Crippen LogP contribution is 2.12. The van der Waals surface area contributed by atoms with Crippen LogP contribution in [0, 0.1) is 0 Å². The molecule has 1 heterocycles. The van der Waals surface area contributed by atoms with Crippen molar-refractivity contribution in [2.24, 2.45) is 5.73 Å². The molecule has 4 nitrogen and oxygen atoms in total. The minimum absolute atomic E-state index is 0.0693. The van der Waals surface area contributed by atoms with Gasteiger partial charge in [-0.1, -0.05) is 12.1 Å². The first-order valence-electron chi connectivity index (χ1n) is 4.48. The lowest BCUT2D eigenvalue weighted by Crippen LogP contribution is -2.05. The molecule has 0 aliphatic carbocycles. The lowest BCUT2D eigenvalue weighted by atomic mass is 10.1. The van der Waals surface area contributed by atoms with E-state index in [1.54, 1.807) is 11.0 Å². The molecule has 1 atom stereocenters. The minimum atomic E-state index is 0.0693. The number of nitrogens with zero attached hydrogens (tertiary/aromatic N) is 3. The van der Waals surface area contributed by atoms with Gasteiger partial charge in [0.25, 0.3) is 0 Å². The van der Waals surface area contributed by atoms with Gasteiger partial charge in [-0.3, -0.25) is 0 Å². The van der Waals surface area contributed by atoms with Crippen molar-refractivity contribution in [3.8, 4) is 5.69 Å². The molecule has 72 valence electrons. The molecule has 1 aromatic heterocycles. The zero-order chi connectivity index (χ0) is 9.97. The first kappa shape index (κ1) is 8.90. The second-order valence-corrected chi connectivity index (χ2v) is 3.22. The summed E-state index contributed by atoms with van der Waals surface area (Å²) in [6, 6.07) is 8.03. The van der Waals surface area contributed by atoms with Gasteiger partial charge in [-0.15, -0.1) is 0 Å². The molecule has 0 bridgehead atoms. The summed E-state index contributed by atoms with van der Waals surface area (Å²) in [4.78, 5) is 3.88. The Morgan fingerprint density at radius 1 is 1.29 bits per heavy atom.